The lowest BCUT2D eigenvalue weighted by atomic mass is 10.3. The predicted molar refractivity (Wildman–Crippen MR) is 63.8 cm³/mol. The highest BCUT2D eigenvalue weighted by Crippen LogP contribution is 2.10. The van der Waals surface area contributed by atoms with Crippen LogP contribution in [0.3, 0.4) is 0 Å². The Morgan fingerprint density at radius 2 is 2.19 bits per heavy atom. The van der Waals surface area contributed by atoms with Crippen LogP contribution in [0.1, 0.15) is 20.9 Å². The number of hydrogen-bond donors (Lipinski definition) is 1. The van der Waals surface area contributed by atoms with E-state index in [-0.39, 0.29) is 5.91 Å². The van der Waals surface area contributed by atoms with Crippen LogP contribution < -0.4 is 5.32 Å². The summed E-state index contributed by atoms with van der Waals surface area (Å²) in [6, 6.07) is 5.43. The average molecular weight is 233 g/mol. The molecule has 2 heterocycles. The monoisotopic (exact) mass is 233 g/mol. The maximum atomic E-state index is 11.7. The van der Waals surface area contributed by atoms with Gasteiger partial charge in [-0.3, -0.25) is 4.79 Å². The molecule has 5 heteroatoms. The number of pyridine rings is 1. The molecule has 1 amide bonds. The van der Waals surface area contributed by atoms with Crippen LogP contribution in [-0.4, -0.2) is 15.3 Å². The molecule has 0 aromatic carbocycles. The summed E-state index contributed by atoms with van der Waals surface area (Å²) in [7, 11) is 0. The summed E-state index contributed by atoms with van der Waals surface area (Å²) in [5, 5.41) is 2.69. The first-order valence-electron chi connectivity index (χ1n) is 4.82. The summed E-state index contributed by atoms with van der Waals surface area (Å²) in [6.45, 7) is 3.86. The molecular weight excluding hydrogens is 222 g/mol. The number of aromatic nitrogens is 2. The zero-order valence-corrected chi connectivity index (χ0v) is 9.84. The summed E-state index contributed by atoms with van der Waals surface area (Å²) in [6.07, 6.45) is 1.71. The molecule has 4 nitrogen and oxygen atoms in total. The Morgan fingerprint density at radius 1 is 1.38 bits per heavy atom. The van der Waals surface area contributed by atoms with Crippen molar-refractivity contribution in [1.82, 2.24) is 9.36 Å². The fourth-order valence-corrected chi connectivity index (χ4v) is 1.74. The zero-order chi connectivity index (χ0) is 11.5. The van der Waals surface area contributed by atoms with E-state index in [4.69, 9.17) is 0 Å². The molecule has 16 heavy (non-hydrogen) atoms. The van der Waals surface area contributed by atoms with E-state index in [2.05, 4.69) is 14.7 Å². The number of anilines is 1. The van der Waals surface area contributed by atoms with Gasteiger partial charge in [0.2, 0.25) is 0 Å². The molecule has 0 radical (unpaired) electrons. The van der Waals surface area contributed by atoms with Gasteiger partial charge in [-0.25, -0.2) is 4.98 Å². The normalized spacial score (nSPS) is 10.1. The minimum Gasteiger partial charge on any atom is -0.305 e. The second-order valence-corrected chi connectivity index (χ2v) is 4.51. The summed E-state index contributed by atoms with van der Waals surface area (Å²) in [5.74, 6) is 0.321. The van der Waals surface area contributed by atoms with Gasteiger partial charge in [0.15, 0.2) is 0 Å². The fraction of sp³-hybridized carbons (Fsp3) is 0.182. The van der Waals surface area contributed by atoms with Crippen LogP contribution in [0.5, 0.6) is 0 Å². The summed E-state index contributed by atoms with van der Waals surface area (Å²) >= 11 is 1.31. The van der Waals surface area contributed by atoms with E-state index >= 15 is 0 Å². The van der Waals surface area contributed by atoms with Gasteiger partial charge in [0.05, 0.1) is 0 Å². The minimum atomic E-state index is -0.222. The van der Waals surface area contributed by atoms with Crippen LogP contribution in [0.4, 0.5) is 5.82 Å². The van der Waals surface area contributed by atoms with Crippen molar-refractivity contribution in [2.24, 2.45) is 0 Å². The lowest BCUT2D eigenvalue weighted by Crippen LogP contribution is -2.13. The maximum absolute atomic E-state index is 11.7. The molecule has 0 fully saturated rings. The van der Waals surface area contributed by atoms with Gasteiger partial charge in [0.25, 0.3) is 5.91 Å². The topological polar surface area (TPSA) is 54.9 Å². The van der Waals surface area contributed by atoms with Gasteiger partial charge in [-0.05, 0) is 43.1 Å². The quantitative estimate of drug-likeness (QED) is 0.866. The van der Waals surface area contributed by atoms with E-state index in [1.54, 1.807) is 18.3 Å². The van der Waals surface area contributed by atoms with E-state index < -0.39 is 0 Å². The molecule has 82 valence electrons. The number of rotatable bonds is 2. The van der Waals surface area contributed by atoms with Crippen molar-refractivity contribution in [3.05, 3.63) is 40.5 Å². The van der Waals surface area contributed by atoms with Crippen LogP contribution in [0.2, 0.25) is 0 Å². The van der Waals surface area contributed by atoms with Crippen molar-refractivity contribution in [3.8, 4) is 0 Å². The molecule has 0 bridgehead atoms. The van der Waals surface area contributed by atoms with Crippen LogP contribution >= 0.6 is 11.5 Å². The van der Waals surface area contributed by atoms with Crippen molar-refractivity contribution in [1.29, 1.82) is 0 Å². The standard InChI is InChI=1S/C11H11N3OS/c1-7-3-4-10(12-6-7)13-11(15)9-5-8(2)16-14-9/h3-6H,1-2H3,(H,12,13,15). The Bertz CT molecular complexity index is 504. The average Bonchev–Trinajstić information content (AvgIpc) is 2.68. The third-order valence-corrected chi connectivity index (χ3v) is 2.71. The fourth-order valence-electron chi connectivity index (χ4n) is 1.20. The summed E-state index contributed by atoms with van der Waals surface area (Å²) in [4.78, 5) is 16.8. The Kier molecular flexibility index (Phi) is 2.96. The van der Waals surface area contributed by atoms with Gasteiger partial charge in [0, 0.05) is 11.1 Å². The molecule has 1 N–H and O–H groups in total. The Morgan fingerprint density at radius 3 is 2.75 bits per heavy atom. The van der Waals surface area contributed by atoms with Gasteiger partial charge in [-0.2, -0.15) is 4.37 Å². The number of amides is 1. The van der Waals surface area contributed by atoms with Gasteiger partial charge in [0.1, 0.15) is 11.5 Å². The van der Waals surface area contributed by atoms with Gasteiger partial charge in [-0.1, -0.05) is 6.07 Å². The third kappa shape index (κ3) is 2.43. The maximum Gasteiger partial charge on any atom is 0.276 e. The third-order valence-electron chi connectivity index (χ3n) is 2.01. The number of nitrogens with zero attached hydrogens (tertiary/aromatic N) is 2. The largest absolute Gasteiger partial charge is 0.305 e. The highest BCUT2D eigenvalue weighted by molar-refractivity contribution is 7.05. The number of aryl methyl sites for hydroxylation is 2. The molecule has 0 aliphatic carbocycles. The van der Waals surface area contributed by atoms with E-state index in [1.165, 1.54) is 11.5 Å². The SMILES string of the molecule is Cc1ccc(NC(=O)c2cc(C)sn2)nc1. The van der Waals surface area contributed by atoms with Gasteiger partial charge in [-0.15, -0.1) is 0 Å². The molecular formula is C11H11N3OS. The predicted octanol–water partition coefficient (Wildman–Crippen LogP) is 2.41. The van der Waals surface area contributed by atoms with Crippen molar-refractivity contribution < 1.29 is 4.79 Å². The van der Waals surface area contributed by atoms with Crippen molar-refractivity contribution in [2.45, 2.75) is 13.8 Å². The Balaban J connectivity index is 2.10. The number of nitrogens with one attached hydrogen (secondary N) is 1. The summed E-state index contributed by atoms with van der Waals surface area (Å²) < 4.78 is 4.03. The molecule has 2 aromatic heterocycles. The molecule has 0 spiro atoms. The van der Waals surface area contributed by atoms with E-state index in [0.29, 0.717) is 11.5 Å². The van der Waals surface area contributed by atoms with Crippen LogP contribution in [-0.2, 0) is 0 Å². The molecule has 0 aliphatic heterocycles. The van der Waals surface area contributed by atoms with Crippen molar-refractivity contribution >= 4 is 23.3 Å². The van der Waals surface area contributed by atoms with Gasteiger partial charge < -0.3 is 5.32 Å². The van der Waals surface area contributed by atoms with Crippen LogP contribution in [0.25, 0.3) is 0 Å². The lowest BCUT2D eigenvalue weighted by Gasteiger charge is -2.01. The first-order chi connectivity index (χ1) is 7.65. The molecule has 2 aromatic rings. The number of hydrogen-bond acceptors (Lipinski definition) is 4. The zero-order valence-electron chi connectivity index (χ0n) is 9.02. The first-order valence-corrected chi connectivity index (χ1v) is 5.60. The van der Waals surface area contributed by atoms with Crippen LogP contribution in [0, 0.1) is 13.8 Å². The lowest BCUT2D eigenvalue weighted by molar-refractivity contribution is 0.102. The van der Waals surface area contributed by atoms with Crippen molar-refractivity contribution in [3.63, 3.8) is 0 Å². The van der Waals surface area contributed by atoms with Gasteiger partial charge >= 0.3 is 0 Å². The molecule has 0 aliphatic rings. The van der Waals surface area contributed by atoms with E-state index in [1.807, 2.05) is 19.9 Å². The Labute approximate surface area is 97.5 Å². The smallest absolute Gasteiger partial charge is 0.276 e. The minimum absolute atomic E-state index is 0.222. The van der Waals surface area contributed by atoms with E-state index in [9.17, 15) is 4.79 Å². The molecule has 0 atom stereocenters. The number of carbonyl (C=O) groups excluding carboxylic acids is 1. The van der Waals surface area contributed by atoms with Crippen LogP contribution in [0.15, 0.2) is 24.4 Å². The second kappa shape index (κ2) is 4.40. The highest BCUT2D eigenvalue weighted by atomic mass is 32.1. The number of carbonyl (C=O) groups is 1. The molecule has 0 saturated heterocycles. The van der Waals surface area contributed by atoms with Crippen molar-refractivity contribution in [2.75, 3.05) is 5.32 Å². The second-order valence-electron chi connectivity index (χ2n) is 3.50. The highest BCUT2D eigenvalue weighted by Gasteiger charge is 2.09. The molecule has 0 unspecified atom stereocenters. The molecule has 2 rings (SSSR count). The van der Waals surface area contributed by atoms with E-state index in [0.717, 1.165) is 10.4 Å². The molecule has 0 saturated carbocycles. The summed E-state index contributed by atoms with van der Waals surface area (Å²) in [5.41, 5.74) is 1.49. The first kappa shape index (κ1) is 10.8. The Hall–Kier alpha value is -1.75.